The fourth-order valence-electron chi connectivity index (χ4n) is 4.30. The monoisotopic (exact) mass is 420 g/mol. The number of fused-ring (bicyclic) bond motifs is 1. The highest BCUT2D eigenvalue weighted by Crippen LogP contribution is 2.40. The second kappa shape index (κ2) is 8.71. The van der Waals surface area contributed by atoms with Gasteiger partial charge in [0, 0.05) is 5.69 Å². The van der Waals surface area contributed by atoms with E-state index < -0.39 is 18.5 Å². The largest absolute Gasteiger partial charge is 0.452 e. The first-order valence-electron chi connectivity index (χ1n) is 10.5. The summed E-state index contributed by atoms with van der Waals surface area (Å²) >= 11 is 0. The molecule has 1 heterocycles. The molecule has 0 aromatic heterocycles. The first kappa shape index (κ1) is 20.8. The Morgan fingerprint density at radius 3 is 2.35 bits per heavy atom. The fourth-order valence-corrected chi connectivity index (χ4v) is 4.30. The number of ether oxygens (including phenoxy) is 1. The van der Waals surface area contributed by atoms with Gasteiger partial charge >= 0.3 is 5.97 Å². The van der Waals surface area contributed by atoms with Gasteiger partial charge in [-0.05, 0) is 49.6 Å². The van der Waals surface area contributed by atoms with Crippen molar-refractivity contribution in [1.29, 1.82) is 0 Å². The molecule has 0 radical (unpaired) electrons. The first-order chi connectivity index (χ1) is 15.0. The molecule has 2 fully saturated rings. The van der Waals surface area contributed by atoms with Crippen LogP contribution in [0.3, 0.4) is 0 Å². The van der Waals surface area contributed by atoms with Gasteiger partial charge < -0.3 is 10.1 Å². The molecule has 2 aromatic rings. The molecule has 3 amide bonds. The quantitative estimate of drug-likeness (QED) is 0.591. The predicted octanol–water partition coefficient (Wildman–Crippen LogP) is 3.47. The molecule has 2 aromatic carbocycles. The molecule has 1 aliphatic carbocycles. The maximum absolute atomic E-state index is 12.8. The minimum atomic E-state index is -0.696. The van der Waals surface area contributed by atoms with Gasteiger partial charge in [0.15, 0.2) is 6.61 Å². The van der Waals surface area contributed by atoms with E-state index in [4.69, 9.17) is 4.74 Å². The van der Waals surface area contributed by atoms with Crippen molar-refractivity contribution in [3.63, 3.8) is 0 Å². The molecule has 0 bridgehead atoms. The van der Waals surface area contributed by atoms with Gasteiger partial charge in [0.25, 0.3) is 5.91 Å². The number of para-hydroxylation sites is 1. The van der Waals surface area contributed by atoms with Gasteiger partial charge in [-0.15, -0.1) is 0 Å². The predicted molar refractivity (Wildman–Crippen MR) is 114 cm³/mol. The Balaban J connectivity index is 1.41. The molecule has 31 heavy (non-hydrogen) atoms. The van der Waals surface area contributed by atoms with E-state index in [2.05, 4.69) is 5.32 Å². The Kier molecular flexibility index (Phi) is 5.84. The van der Waals surface area contributed by atoms with Crippen molar-refractivity contribution in [2.24, 2.45) is 11.8 Å². The maximum atomic E-state index is 12.8. The second-order valence-electron chi connectivity index (χ2n) is 8.00. The maximum Gasteiger partial charge on any atom is 0.338 e. The summed E-state index contributed by atoms with van der Waals surface area (Å²) in [7, 11) is 0. The van der Waals surface area contributed by atoms with Crippen molar-refractivity contribution < 1.29 is 23.9 Å². The van der Waals surface area contributed by atoms with E-state index in [9.17, 15) is 19.2 Å². The van der Waals surface area contributed by atoms with Crippen LogP contribution in [0.25, 0.3) is 0 Å². The van der Waals surface area contributed by atoms with Crippen molar-refractivity contribution in [1.82, 2.24) is 0 Å². The lowest BCUT2D eigenvalue weighted by Gasteiger charge is -2.19. The minimum absolute atomic E-state index is 0.177. The van der Waals surface area contributed by atoms with Crippen LogP contribution < -0.4 is 10.2 Å². The van der Waals surface area contributed by atoms with Crippen LogP contribution in [-0.2, 0) is 19.1 Å². The highest BCUT2D eigenvalue weighted by Gasteiger charge is 2.48. The Morgan fingerprint density at radius 2 is 1.68 bits per heavy atom. The van der Waals surface area contributed by atoms with Gasteiger partial charge in [-0.2, -0.15) is 0 Å². The Labute approximate surface area is 180 Å². The van der Waals surface area contributed by atoms with Crippen LogP contribution in [0.2, 0.25) is 0 Å². The van der Waals surface area contributed by atoms with E-state index in [-0.39, 0.29) is 29.2 Å². The normalized spacial score (nSPS) is 20.4. The van der Waals surface area contributed by atoms with Crippen LogP contribution in [-0.4, -0.2) is 30.3 Å². The zero-order valence-electron chi connectivity index (χ0n) is 17.3. The number of benzene rings is 2. The fraction of sp³-hybridized carbons (Fsp3) is 0.333. The van der Waals surface area contributed by atoms with E-state index in [0.717, 1.165) is 31.2 Å². The Hall–Kier alpha value is -3.48. The third-order valence-corrected chi connectivity index (χ3v) is 5.93. The van der Waals surface area contributed by atoms with Gasteiger partial charge in [-0.25, -0.2) is 4.79 Å². The van der Waals surface area contributed by atoms with Crippen LogP contribution >= 0.6 is 0 Å². The highest BCUT2D eigenvalue weighted by molar-refractivity contribution is 6.22. The molecule has 1 aliphatic heterocycles. The molecular formula is C24H24N2O5. The van der Waals surface area contributed by atoms with Gasteiger partial charge in [0.2, 0.25) is 11.8 Å². The van der Waals surface area contributed by atoms with Crippen LogP contribution in [0, 0.1) is 18.8 Å². The summed E-state index contributed by atoms with van der Waals surface area (Å²) in [5.41, 5.74) is 2.09. The molecule has 0 unspecified atom stereocenters. The topological polar surface area (TPSA) is 92.8 Å². The third kappa shape index (κ3) is 4.21. The molecule has 2 atom stereocenters. The molecule has 2 aliphatic rings. The minimum Gasteiger partial charge on any atom is -0.452 e. The number of anilines is 2. The average molecular weight is 420 g/mol. The summed E-state index contributed by atoms with van der Waals surface area (Å²) in [6, 6.07) is 13.5. The number of imide groups is 1. The highest BCUT2D eigenvalue weighted by atomic mass is 16.5. The molecular weight excluding hydrogens is 396 g/mol. The van der Waals surface area contributed by atoms with E-state index in [0.29, 0.717) is 11.4 Å². The van der Waals surface area contributed by atoms with Gasteiger partial charge in [-0.3, -0.25) is 19.3 Å². The summed E-state index contributed by atoms with van der Waals surface area (Å²) in [6.45, 7) is 1.42. The second-order valence-corrected chi connectivity index (χ2v) is 8.00. The van der Waals surface area contributed by atoms with Crippen LogP contribution in [0.4, 0.5) is 11.4 Å². The van der Waals surface area contributed by atoms with E-state index in [1.807, 2.05) is 19.1 Å². The lowest BCUT2D eigenvalue weighted by Crippen LogP contribution is -2.31. The molecule has 1 saturated heterocycles. The average Bonchev–Trinajstić information content (AvgIpc) is 3.04. The molecule has 1 saturated carbocycles. The number of hydrogen-bond acceptors (Lipinski definition) is 5. The summed E-state index contributed by atoms with van der Waals surface area (Å²) in [5.74, 6) is -2.06. The van der Waals surface area contributed by atoms with E-state index in [1.54, 1.807) is 24.3 Å². The van der Waals surface area contributed by atoms with Gasteiger partial charge in [-0.1, -0.05) is 37.1 Å². The summed E-state index contributed by atoms with van der Waals surface area (Å²) in [4.78, 5) is 51.3. The summed E-state index contributed by atoms with van der Waals surface area (Å²) in [6.07, 6.45) is 3.35. The Morgan fingerprint density at radius 1 is 1.00 bits per heavy atom. The number of aryl methyl sites for hydroxylation is 1. The molecule has 7 nitrogen and oxygen atoms in total. The van der Waals surface area contributed by atoms with Crippen molar-refractivity contribution in [2.45, 2.75) is 32.6 Å². The number of nitrogens with zero attached hydrogens (tertiary/aromatic N) is 1. The number of carbonyl (C=O) groups is 4. The number of rotatable bonds is 5. The first-order valence-corrected chi connectivity index (χ1v) is 10.5. The third-order valence-electron chi connectivity index (χ3n) is 5.93. The lowest BCUT2D eigenvalue weighted by molar-refractivity contribution is -0.122. The van der Waals surface area contributed by atoms with E-state index >= 15 is 0 Å². The van der Waals surface area contributed by atoms with Crippen LogP contribution in [0.15, 0.2) is 48.5 Å². The molecule has 160 valence electrons. The zero-order valence-corrected chi connectivity index (χ0v) is 17.3. The molecule has 0 spiro atoms. The molecule has 7 heteroatoms. The van der Waals surface area contributed by atoms with Crippen molar-refractivity contribution in [3.05, 3.63) is 59.7 Å². The molecule has 1 N–H and O–H groups in total. The van der Waals surface area contributed by atoms with E-state index in [1.165, 1.54) is 17.0 Å². The lowest BCUT2D eigenvalue weighted by atomic mass is 9.81. The number of esters is 1. The number of nitrogens with one attached hydrogen (secondary N) is 1. The number of hydrogen-bond donors (Lipinski definition) is 1. The SMILES string of the molecule is Cc1ccccc1NC(=O)COC(=O)c1cccc(N2C(=O)[C@H]3CCCC[C@H]3C2=O)c1. The number of amides is 3. The molecule has 4 rings (SSSR count). The zero-order chi connectivity index (χ0) is 22.0. The smallest absolute Gasteiger partial charge is 0.338 e. The van der Waals surface area contributed by atoms with Gasteiger partial charge in [0.1, 0.15) is 0 Å². The summed E-state index contributed by atoms with van der Waals surface area (Å²) in [5, 5.41) is 2.70. The standard InChI is InChI=1S/C24H24N2O5/c1-15-7-2-5-12-20(15)25-21(27)14-31-24(30)16-8-6-9-17(13-16)26-22(28)18-10-3-4-11-19(18)23(26)29/h2,5-9,12-13,18-19H,3-4,10-11,14H2,1H3,(H,25,27)/t18-,19+. The van der Waals surface area contributed by atoms with Crippen molar-refractivity contribution in [2.75, 3.05) is 16.8 Å². The van der Waals surface area contributed by atoms with Crippen molar-refractivity contribution >= 4 is 35.1 Å². The van der Waals surface area contributed by atoms with Crippen molar-refractivity contribution in [3.8, 4) is 0 Å². The number of carbonyl (C=O) groups excluding carboxylic acids is 4. The van der Waals surface area contributed by atoms with Gasteiger partial charge in [0.05, 0.1) is 23.1 Å². The summed E-state index contributed by atoms with van der Waals surface area (Å²) < 4.78 is 5.13. The Bertz CT molecular complexity index is 1020. The van der Waals surface area contributed by atoms with Crippen LogP contribution in [0.5, 0.6) is 0 Å². The van der Waals surface area contributed by atoms with Crippen LogP contribution in [0.1, 0.15) is 41.6 Å².